The zero-order chi connectivity index (χ0) is 15.7. The van der Waals surface area contributed by atoms with Crippen LogP contribution in [-0.2, 0) is 19.4 Å². The molecule has 0 atom stereocenters. The minimum atomic E-state index is 0.554. The molecule has 22 heavy (non-hydrogen) atoms. The number of methoxy groups -OCH3 is 1. The third-order valence-corrected chi connectivity index (χ3v) is 4.53. The second kappa shape index (κ2) is 6.13. The van der Waals surface area contributed by atoms with Crippen LogP contribution in [0, 0.1) is 6.92 Å². The van der Waals surface area contributed by atoms with Crippen molar-refractivity contribution in [3.63, 3.8) is 0 Å². The van der Waals surface area contributed by atoms with Crippen LogP contribution in [0.1, 0.15) is 29.4 Å². The van der Waals surface area contributed by atoms with Crippen LogP contribution < -0.4 is 9.64 Å². The molecule has 116 valence electrons. The van der Waals surface area contributed by atoms with Crippen LogP contribution in [0.15, 0.2) is 18.2 Å². The molecule has 0 N–H and O–H groups in total. The quantitative estimate of drug-likeness (QED) is 0.811. The maximum Gasteiger partial charge on any atom is 0.137 e. The second-order valence-electron chi connectivity index (χ2n) is 5.50. The number of aryl methyl sites for hydroxylation is 1. The summed E-state index contributed by atoms with van der Waals surface area (Å²) in [6.07, 6.45) is 1.73. The van der Waals surface area contributed by atoms with E-state index in [0.29, 0.717) is 5.15 Å². The van der Waals surface area contributed by atoms with E-state index in [1.165, 1.54) is 11.1 Å². The minimum absolute atomic E-state index is 0.554. The highest BCUT2D eigenvalue weighted by Crippen LogP contribution is 2.32. The van der Waals surface area contributed by atoms with Crippen molar-refractivity contribution in [3.05, 3.63) is 45.9 Å². The molecule has 0 radical (unpaired) electrons. The van der Waals surface area contributed by atoms with E-state index >= 15 is 0 Å². The van der Waals surface area contributed by atoms with E-state index < -0.39 is 0 Å². The maximum absolute atomic E-state index is 6.27. The van der Waals surface area contributed by atoms with Crippen LogP contribution in [0.2, 0.25) is 5.15 Å². The first-order valence-electron chi connectivity index (χ1n) is 7.56. The van der Waals surface area contributed by atoms with Crippen molar-refractivity contribution in [3.8, 4) is 5.75 Å². The van der Waals surface area contributed by atoms with E-state index in [-0.39, 0.29) is 0 Å². The predicted octanol–water partition coefficient (Wildman–Crippen LogP) is 3.57. The molecule has 0 bridgehead atoms. The minimum Gasteiger partial charge on any atom is -0.496 e. The summed E-state index contributed by atoms with van der Waals surface area (Å²) in [5.74, 6) is 2.72. The number of fused-ring (bicyclic) bond motifs is 1. The first kappa shape index (κ1) is 15.1. The van der Waals surface area contributed by atoms with Crippen molar-refractivity contribution >= 4 is 17.4 Å². The Morgan fingerprint density at radius 2 is 2.14 bits per heavy atom. The van der Waals surface area contributed by atoms with E-state index in [1.54, 1.807) is 7.11 Å². The smallest absolute Gasteiger partial charge is 0.137 e. The summed E-state index contributed by atoms with van der Waals surface area (Å²) in [5, 5.41) is 0.554. The molecular formula is C17H20ClN3O. The van der Waals surface area contributed by atoms with Crippen LogP contribution >= 0.6 is 11.6 Å². The molecule has 4 nitrogen and oxygen atoms in total. The Balaban J connectivity index is 1.97. The average Bonchev–Trinajstić information content (AvgIpc) is 2.56. The molecule has 3 rings (SSSR count). The van der Waals surface area contributed by atoms with Crippen molar-refractivity contribution in [2.45, 2.75) is 33.2 Å². The molecule has 0 saturated carbocycles. The summed E-state index contributed by atoms with van der Waals surface area (Å²) in [4.78, 5) is 11.3. The number of aromatic nitrogens is 2. The lowest BCUT2D eigenvalue weighted by molar-refractivity contribution is 0.407. The molecule has 0 amide bonds. The number of nitrogens with zero attached hydrogens (tertiary/aromatic N) is 3. The summed E-state index contributed by atoms with van der Waals surface area (Å²) in [6, 6.07) is 6.22. The number of benzene rings is 1. The van der Waals surface area contributed by atoms with Gasteiger partial charge in [0.1, 0.15) is 22.5 Å². The van der Waals surface area contributed by atoms with Crippen LogP contribution in [0.4, 0.5) is 5.82 Å². The third kappa shape index (κ3) is 2.63. The fourth-order valence-electron chi connectivity index (χ4n) is 2.93. The number of hydrogen-bond acceptors (Lipinski definition) is 4. The molecule has 0 spiro atoms. The molecule has 1 aliphatic heterocycles. The highest BCUT2D eigenvalue weighted by atomic mass is 35.5. The van der Waals surface area contributed by atoms with Crippen LogP contribution in [0.5, 0.6) is 5.75 Å². The van der Waals surface area contributed by atoms with Crippen LogP contribution in [0.25, 0.3) is 0 Å². The molecule has 0 fully saturated rings. The lowest BCUT2D eigenvalue weighted by atomic mass is 9.98. The Bertz CT molecular complexity index is 703. The van der Waals surface area contributed by atoms with Gasteiger partial charge in [0, 0.05) is 30.6 Å². The van der Waals surface area contributed by atoms with Crippen molar-refractivity contribution in [1.29, 1.82) is 0 Å². The van der Waals surface area contributed by atoms with Crippen molar-refractivity contribution in [2.24, 2.45) is 0 Å². The largest absolute Gasteiger partial charge is 0.496 e. The van der Waals surface area contributed by atoms with Crippen molar-refractivity contribution < 1.29 is 4.74 Å². The van der Waals surface area contributed by atoms with E-state index in [9.17, 15) is 0 Å². The van der Waals surface area contributed by atoms with Crippen LogP contribution in [-0.4, -0.2) is 23.6 Å². The lowest BCUT2D eigenvalue weighted by Crippen LogP contribution is -2.32. The van der Waals surface area contributed by atoms with E-state index in [2.05, 4.69) is 20.9 Å². The number of rotatable bonds is 3. The van der Waals surface area contributed by atoms with E-state index in [0.717, 1.165) is 48.9 Å². The number of hydrogen-bond donors (Lipinski definition) is 0. The molecule has 0 saturated heterocycles. The molecule has 2 aromatic rings. The summed E-state index contributed by atoms with van der Waals surface area (Å²) in [6.45, 7) is 5.76. The zero-order valence-corrected chi connectivity index (χ0v) is 13.9. The molecule has 0 unspecified atom stereocenters. The standard InChI is InChI=1S/C17H20ClN3O/c1-4-15-19-16(18)11(2)17(20-15)21-9-8-13-12(10-21)6-5-7-14(13)22-3/h5-7H,4,8-10H2,1-3H3. The highest BCUT2D eigenvalue weighted by molar-refractivity contribution is 6.30. The Morgan fingerprint density at radius 3 is 2.86 bits per heavy atom. The van der Waals surface area contributed by atoms with Gasteiger partial charge in [0.15, 0.2) is 0 Å². The summed E-state index contributed by atoms with van der Waals surface area (Å²) in [5.41, 5.74) is 3.54. The van der Waals surface area contributed by atoms with E-state index in [4.69, 9.17) is 16.3 Å². The van der Waals surface area contributed by atoms with Gasteiger partial charge in [0.25, 0.3) is 0 Å². The molecular weight excluding hydrogens is 298 g/mol. The molecule has 1 aliphatic rings. The molecule has 5 heteroatoms. The number of halogens is 1. The Labute approximate surface area is 136 Å². The topological polar surface area (TPSA) is 38.2 Å². The fraction of sp³-hybridized carbons (Fsp3) is 0.412. The van der Waals surface area contributed by atoms with Crippen LogP contribution in [0.3, 0.4) is 0 Å². The SMILES string of the molecule is CCc1nc(Cl)c(C)c(N2CCc3c(cccc3OC)C2)n1. The summed E-state index contributed by atoms with van der Waals surface area (Å²) >= 11 is 6.27. The van der Waals surface area contributed by atoms with Gasteiger partial charge in [0.05, 0.1) is 7.11 Å². The Morgan fingerprint density at radius 1 is 1.32 bits per heavy atom. The van der Waals surface area contributed by atoms with Gasteiger partial charge in [-0.25, -0.2) is 9.97 Å². The normalized spacial score (nSPS) is 13.9. The first-order chi connectivity index (χ1) is 10.6. The van der Waals surface area contributed by atoms with Crippen molar-refractivity contribution in [1.82, 2.24) is 9.97 Å². The predicted molar refractivity (Wildman–Crippen MR) is 88.9 cm³/mol. The van der Waals surface area contributed by atoms with Crippen molar-refractivity contribution in [2.75, 3.05) is 18.6 Å². The zero-order valence-electron chi connectivity index (χ0n) is 13.2. The lowest BCUT2D eigenvalue weighted by Gasteiger charge is -2.31. The average molecular weight is 318 g/mol. The van der Waals surface area contributed by atoms with Gasteiger partial charge in [-0.2, -0.15) is 0 Å². The van der Waals surface area contributed by atoms with Gasteiger partial charge in [-0.3, -0.25) is 0 Å². The van der Waals surface area contributed by atoms with Gasteiger partial charge in [0.2, 0.25) is 0 Å². The molecule has 1 aromatic heterocycles. The Hall–Kier alpha value is -1.81. The molecule has 0 aliphatic carbocycles. The summed E-state index contributed by atoms with van der Waals surface area (Å²) in [7, 11) is 1.73. The maximum atomic E-state index is 6.27. The number of anilines is 1. The van der Waals surface area contributed by atoms with Gasteiger partial charge >= 0.3 is 0 Å². The van der Waals surface area contributed by atoms with Gasteiger partial charge in [-0.1, -0.05) is 30.7 Å². The summed E-state index contributed by atoms with van der Waals surface area (Å²) < 4.78 is 5.47. The molecule has 2 heterocycles. The Kier molecular flexibility index (Phi) is 4.21. The first-order valence-corrected chi connectivity index (χ1v) is 7.94. The van der Waals surface area contributed by atoms with Gasteiger partial charge in [-0.05, 0) is 25.0 Å². The second-order valence-corrected chi connectivity index (χ2v) is 5.86. The van der Waals surface area contributed by atoms with Gasteiger partial charge in [-0.15, -0.1) is 0 Å². The fourth-order valence-corrected chi connectivity index (χ4v) is 3.12. The van der Waals surface area contributed by atoms with Gasteiger partial charge < -0.3 is 9.64 Å². The third-order valence-electron chi connectivity index (χ3n) is 4.17. The highest BCUT2D eigenvalue weighted by Gasteiger charge is 2.22. The molecule has 1 aromatic carbocycles. The van der Waals surface area contributed by atoms with E-state index in [1.807, 2.05) is 26.0 Å². The monoisotopic (exact) mass is 317 g/mol. The number of ether oxygens (including phenoxy) is 1.